The minimum atomic E-state index is -0.454. The Morgan fingerprint density at radius 2 is 0.773 bits per heavy atom. The molecule has 0 bridgehead atoms. The van der Waals surface area contributed by atoms with E-state index in [0.29, 0.717) is 0 Å². The third kappa shape index (κ3) is 8.34. The molecule has 1 aliphatic carbocycles. The van der Waals surface area contributed by atoms with Crippen LogP contribution in [0.25, 0.3) is 133 Å². The Balaban J connectivity index is 0.824. The van der Waals surface area contributed by atoms with Crippen molar-refractivity contribution in [3.8, 4) is 84.1 Å². The van der Waals surface area contributed by atoms with Gasteiger partial charge in [0.05, 0.1) is 39.9 Å². The minimum Gasteiger partial charge on any atom is -0.456 e. The highest BCUT2D eigenvalue weighted by Gasteiger charge is 2.48. The van der Waals surface area contributed by atoms with Crippen molar-refractivity contribution in [3.63, 3.8) is 0 Å². The first-order valence-electron chi connectivity index (χ1n) is 29.9. The fourth-order valence-corrected chi connectivity index (χ4v) is 14.0. The Labute approximate surface area is 509 Å². The highest BCUT2D eigenvalue weighted by molar-refractivity contribution is 6.13. The summed E-state index contributed by atoms with van der Waals surface area (Å²) in [7, 11) is 0. The van der Waals surface area contributed by atoms with Gasteiger partial charge in [0.2, 0.25) is 0 Å². The SMILES string of the molecule is CC12C=C(c3ccccc3-c3ccccn3)C=CC1N(c1ccc3oc4ccc(-n5c6ccc(-c7ccccc7-c7ccccn7)cc6c6cc(-c7ccccc7-c7ccccn7)ccc65)cc4c3c1)c1ccc(-c3ccccc3-c3ccccn3)cc12. The van der Waals surface area contributed by atoms with Gasteiger partial charge in [0, 0.05) is 91.1 Å². The molecule has 2 atom stereocenters. The van der Waals surface area contributed by atoms with Crippen molar-refractivity contribution >= 4 is 60.7 Å². The molecule has 9 aromatic carbocycles. The van der Waals surface area contributed by atoms with E-state index in [0.717, 1.165) is 150 Å². The molecule has 0 fully saturated rings. The fourth-order valence-electron chi connectivity index (χ4n) is 14.0. The highest BCUT2D eigenvalue weighted by Crippen LogP contribution is 2.55. The summed E-state index contributed by atoms with van der Waals surface area (Å²) in [4.78, 5) is 21.7. The van der Waals surface area contributed by atoms with Crippen LogP contribution in [0.1, 0.15) is 18.1 Å². The van der Waals surface area contributed by atoms with Gasteiger partial charge in [-0.25, -0.2) is 0 Å². The molecule has 2 aliphatic rings. The van der Waals surface area contributed by atoms with E-state index in [1.165, 1.54) is 5.56 Å². The van der Waals surface area contributed by atoms with Gasteiger partial charge in [0.1, 0.15) is 11.2 Å². The van der Waals surface area contributed by atoms with Crippen molar-refractivity contribution in [1.82, 2.24) is 24.5 Å². The zero-order valence-corrected chi connectivity index (χ0v) is 48.0. The lowest BCUT2D eigenvalue weighted by Gasteiger charge is -2.36. The van der Waals surface area contributed by atoms with Crippen LogP contribution in [0.5, 0.6) is 0 Å². The average Bonchev–Trinajstić information content (AvgIpc) is 1.85. The molecule has 0 saturated heterocycles. The smallest absolute Gasteiger partial charge is 0.135 e. The van der Waals surface area contributed by atoms with Gasteiger partial charge in [-0.05, 0) is 178 Å². The molecule has 0 N–H and O–H groups in total. The molecule has 1 aliphatic heterocycles. The molecule has 7 heteroatoms. The fraction of sp³-hybridized carbons (Fsp3) is 0.0370. The third-order valence-corrected chi connectivity index (χ3v) is 18.1. The van der Waals surface area contributed by atoms with Gasteiger partial charge in [-0.3, -0.25) is 19.9 Å². The lowest BCUT2D eigenvalue weighted by Crippen LogP contribution is -2.39. The summed E-state index contributed by atoms with van der Waals surface area (Å²) < 4.78 is 9.21. The number of rotatable bonds is 10. The van der Waals surface area contributed by atoms with E-state index in [2.05, 4.69) is 271 Å². The van der Waals surface area contributed by atoms with E-state index in [9.17, 15) is 0 Å². The van der Waals surface area contributed by atoms with E-state index < -0.39 is 5.41 Å². The van der Waals surface area contributed by atoms with Crippen LogP contribution in [0.15, 0.2) is 308 Å². The maximum atomic E-state index is 6.79. The predicted molar refractivity (Wildman–Crippen MR) is 361 cm³/mol. The van der Waals surface area contributed by atoms with Crippen LogP contribution in [0.4, 0.5) is 11.4 Å². The number of aromatic nitrogens is 5. The number of anilines is 2. The number of hydrogen-bond donors (Lipinski definition) is 0. The van der Waals surface area contributed by atoms with Gasteiger partial charge in [-0.2, -0.15) is 0 Å². The van der Waals surface area contributed by atoms with Gasteiger partial charge in [-0.15, -0.1) is 0 Å². The largest absolute Gasteiger partial charge is 0.456 e. The van der Waals surface area contributed by atoms with Crippen LogP contribution in [-0.2, 0) is 5.41 Å². The standard InChI is InChI=1S/C81H54N6O/c1-81-51-55(61-21-5-9-25-65(61)74-29-13-17-45-85-74)33-41-80(81)87(77-38-32-54(48-70(77)81)60-20-4-8-24-64(60)73-28-12-16-44-84-73)57-35-40-79-69(50-57)68-49-56(34-39-78(68)88-79)86-75-36-30-52(58-18-2-6-22-62(58)71-26-10-14-42-82-71)46-66(75)67-47-53(31-37-76(67)86)59-19-3-7-23-63(59)72-27-11-15-43-83-72/h2-51,80H,1H3. The Hall–Kier alpha value is -11.5. The second-order valence-corrected chi connectivity index (χ2v) is 23.1. The highest BCUT2D eigenvalue weighted by atomic mass is 16.3. The minimum absolute atomic E-state index is 0.0556. The Kier molecular flexibility index (Phi) is 11.9. The second-order valence-electron chi connectivity index (χ2n) is 23.1. The molecule has 15 aromatic rings. The van der Waals surface area contributed by atoms with Crippen molar-refractivity contribution in [2.45, 2.75) is 18.4 Å². The summed E-state index contributed by atoms with van der Waals surface area (Å²) in [5.74, 6) is 0. The Bertz CT molecular complexity index is 5160. The average molecular weight is 1130 g/mol. The van der Waals surface area contributed by atoms with Crippen LogP contribution in [-0.4, -0.2) is 30.5 Å². The molecule has 0 amide bonds. The molecule has 17 rings (SSSR count). The van der Waals surface area contributed by atoms with Crippen molar-refractivity contribution in [2.24, 2.45) is 0 Å². The number of benzene rings is 9. The quantitative estimate of drug-likeness (QED) is 0.136. The predicted octanol–water partition coefficient (Wildman–Crippen LogP) is 20.4. The van der Waals surface area contributed by atoms with Crippen LogP contribution in [0.2, 0.25) is 0 Å². The summed E-state index contributed by atoms with van der Waals surface area (Å²) in [6.45, 7) is 2.41. The van der Waals surface area contributed by atoms with Gasteiger partial charge in [0.15, 0.2) is 0 Å². The van der Waals surface area contributed by atoms with Gasteiger partial charge >= 0.3 is 0 Å². The third-order valence-electron chi connectivity index (χ3n) is 18.1. The molecule has 414 valence electrons. The van der Waals surface area contributed by atoms with E-state index in [1.807, 2.05) is 49.1 Å². The summed E-state index contributed by atoms with van der Waals surface area (Å²) in [5, 5.41) is 4.39. The number of nitrogens with zero attached hydrogens (tertiary/aromatic N) is 6. The van der Waals surface area contributed by atoms with Gasteiger partial charge < -0.3 is 13.9 Å². The van der Waals surface area contributed by atoms with Crippen molar-refractivity contribution in [1.29, 1.82) is 0 Å². The lowest BCUT2D eigenvalue weighted by atomic mass is 9.72. The first-order valence-corrected chi connectivity index (χ1v) is 29.9. The molecular weight excluding hydrogens is 1070 g/mol. The number of fused-ring (bicyclic) bond motifs is 9. The molecule has 88 heavy (non-hydrogen) atoms. The van der Waals surface area contributed by atoms with Crippen LogP contribution < -0.4 is 4.90 Å². The summed E-state index contributed by atoms with van der Waals surface area (Å²) in [6, 6.07) is 93.1. The molecule has 6 aromatic heterocycles. The van der Waals surface area contributed by atoms with Crippen molar-refractivity contribution < 1.29 is 4.42 Å². The van der Waals surface area contributed by atoms with Crippen LogP contribution >= 0.6 is 0 Å². The molecule has 0 saturated carbocycles. The Morgan fingerprint density at radius 1 is 0.364 bits per heavy atom. The van der Waals surface area contributed by atoms with E-state index in [-0.39, 0.29) is 6.04 Å². The number of furan rings is 1. The topological polar surface area (TPSA) is 72.9 Å². The molecule has 7 heterocycles. The van der Waals surface area contributed by atoms with Crippen molar-refractivity contribution in [3.05, 3.63) is 315 Å². The second kappa shape index (κ2) is 20.6. The Morgan fingerprint density at radius 3 is 1.25 bits per heavy atom. The maximum absolute atomic E-state index is 6.79. The number of allylic oxidation sites excluding steroid dienone is 2. The van der Waals surface area contributed by atoms with E-state index in [1.54, 1.807) is 0 Å². The first kappa shape index (κ1) is 50.9. The first-order chi connectivity index (χ1) is 43.5. The maximum Gasteiger partial charge on any atom is 0.135 e. The zero-order valence-electron chi connectivity index (χ0n) is 48.0. The summed E-state index contributed by atoms with van der Waals surface area (Å²) >= 11 is 0. The molecule has 7 nitrogen and oxygen atoms in total. The van der Waals surface area contributed by atoms with Crippen LogP contribution in [0, 0.1) is 0 Å². The van der Waals surface area contributed by atoms with Gasteiger partial charge in [-0.1, -0.05) is 158 Å². The number of hydrogen-bond acceptors (Lipinski definition) is 6. The molecule has 0 radical (unpaired) electrons. The van der Waals surface area contributed by atoms with Crippen molar-refractivity contribution in [2.75, 3.05) is 4.90 Å². The molecule has 2 unspecified atom stereocenters. The summed E-state index contributed by atoms with van der Waals surface area (Å²) in [6.07, 6.45) is 14.7. The number of pyridine rings is 4. The van der Waals surface area contributed by atoms with Crippen LogP contribution in [0.3, 0.4) is 0 Å². The lowest BCUT2D eigenvalue weighted by molar-refractivity contribution is 0.553. The van der Waals surface area contributed by atoms with E-state index in [4.69, 9.17) is 24.4 Å². The monoisotopic (exact) mass is 1130 g/mol. The van der Waals surface area contributed by atoms with Gasteiger partial charge in [0.25, 0.3) is 0 Å². The zero-order chi connectivity index (χ0) is 58.3. The molecular formula is C81H54N6O. The normalized spacial score (nSPS) is 15.3. The molecule has 0 spiro atoms. The van der Waals surface area contributed by atoms with E-state index >= 15 is 0 Å². The summed E-state index contributed by atoms with van der Waals surface area (Å²) in [5.41, 5.74) is 25.2.